The van der Waals surface area contributed by atoms with Gasteiger partial charge in [0.1, 0.15) is 6.04 Å². The molecule has 0 saturated carbocycles. The Morgan fingerprint density at radius 3 is 2.49 bits per heavy atom. The summed E-state index contributed by atoms with van der Waals surface area (Å²) in [6.07, 6.45) is -5.14. The zero-order chi connectivity index (χ0) is 31.1. The summed E-state index contributed by atoms with van der Waals surface area (Å²) < 4.78 is 68.2. The van der Waals surface area contributed by atoms with E-state index >= 15 is 8.78 Å². The minimum Gasteiger partial charge on any atom is -0.395 e. The van der Waals surface area contributed by atoms with Crippen LogP contribution in [-0.2, 0) is 11.3 Å². The number of aliphatic hydroxyl groups is 1. The van der Waals surface area contributed by atoms with Crippen LogP contribution in [-0.4, -0.2) is 104 Å². The molecule has 2 heterocycles. The molecule has 0 bridgehead atoms. The van der Waals surface area contributed by atoms with E-state index in [9.17, 15) is 22.8 Å². The van der Waals surface area contributed by atoms with Crippen LogP contribution in [0.25, 0.3) is 0 Å². The Labute approximate surface area is 250 Å². The number of anilines is 2. The highest BCUT2D eigenvalue weighted by Crippen LogP contribution is 2.31. The van der Waals surface area contributed by atoms with Crippen LogP contribution in [0.2, 0.25) is 5.02 Å². The number of nitrogens with zero attached hydrogens (tertiary/aromatic N) is 3. The van der Waals surface area contributed by atoms with Crippen molar-refractivity contribution >= 4 is 34.8 Å². The Balaban J connectivity index is 1.44. The maximum Gasteiger partial charge on any atom is 0.390 e. The van der Waals surface area contributed by atoms with Crippen LogP contribution in [0, 0.1) is 11.6 Å². The number of benzene rings is 2. The van der Waals surface area contributed by atoms with E-state index < -0.39 is 41.7 Å². The Morgan fingerprint density at radius 1 is 1.05 bits per heavy atom. The van der Waals surface area contributed by atoms with Gasteiger partial charge in [0.05, 0.1) is 30.0 Å². The van der Waals surface area contributed by atoms with Gasteiger partial charge in [-0.3, -0.25) is 19.4 Å². The highest BCUT2D eigenvalue weighted by atomic mass is 35.5. The van der Waals surface area contributed by atoms with Crippen LogP contribution in [0.4, 0.5) is 33.3 Å². The molecule has 0 aromatic heterocycles. The molecule has 2 aromatic carbocycles. The molecule has 236 valence electrons. The van der Waals surface area contributed by atoms with Crippen molar-refractivity contribution in [1.29, 1.82) is 0 Å². The van der Waals surface area contributed by atoms with E-state index in [4.69, 9.17) is 16.7 Å². The zero-order valence-electron chi connectivity index (χ0n) is 23.3. The van der Waals surface area contributed by atoms with Crippen molar-refractivity contribution in [3.63, 3.8) is 0 Å². The molecular formula is C28H34ClF5N6O3. The van der Waals surface area contributed by atoms with Gasteiger partial charge < -0.3 is 26.0 Å². The topological polar surface area (TPSA) is 100 Å². The van der Waals surface area contributed by atoms with Crippen LogP contribution in [0.15, 0.2) is 30.3 Å². The lowest BCUT2D eigenvalue weighted by molar-refractivity contribution is -0.138. The highest BCUT2D eigenvalue weighted by Gasteiger charge is 2.31. The van der Waals surface area contributed by atoms with Crippen molar-refractivity contribution in [2.45, 2.75) is 25.2 Å². The molecule has 1 unspecified atom stereocenters. The Morgan fingerprint density at radius 2 is 1.79 bits per heavy atom. The summed E-state index contributed by atoms with van der Waals surface area (Å²) in [7, 11) is 0. The van der Waals surface area contributed by atoms with Gasteiger partial charge in [0.25, 0.3) is 5.91 Å². The number of nitrogens with one attached hydrogen (secondary N) is 3. The molecule has 2 fully saturated rings. The molecule has 15 heteroatoms. The molecule has 4 N–H and O–H groups in total. The Bertz CT molecular complexity index is 1290. The quantitative estimate of drug-likeness (QED) is 0.299. The van der Waals surface area contributed by atoms with Gasteiger partial charge in [-0.05, 0) is 24.3 Å². The molecule has 2 aromatic rings. The number of carbonyl (C=O) groups is 2. The fraction of sp³-hybridized carbons (Fsp3) is 0.500. The molecule has 2 aliphatic heterocycles. The van der Waals surface area contributed by atoms with E-state index in [1.807, 2.05) is 4.90 Å². The van der Waals surface area contributed by atoms with E-state index in [1.54, 1.807) is 15.9 Å². The van der Waals surface area contributed by atoms with Gasteiger partial charge in [0, 0.05) is 76.0 Å². The number of amides is 2. The van der Waals surface area contributed by atoms with Gasteiger partial charge in [-0.1, -0.05) is 17.7 Å². The van der Waals surface area contributed by atoms with E-state index in [1.165, 1.54) is 24.3 Å². The Kier molecular flexibility index (Phi) is 11.2. The first kappa shape index (κ1) is 32.9. The zero-order valence-corrected chi connectivity index (χ0v) is 24.1. The lowest BCUT2D eigenvalue weighted by atomic mass is 10.1. The van der Waals surface area contributed by atoms with Crippen molar-refractivity contribution in [2.75, 3.05) is 75.7 Å². The van der Waals surface area contributed by atoms with Gasteiger partial charge in [-0.25, -0.2) is 8.78 Å². The van der Waals surface area contributed by atoms with Crippen molar-refractivity contribution in [3.05, 3.63) is 58.1 Å². The number of rotatable bonds is 10. The average molecular weight is 633 g/mol. The third kappa shape index (κ3) is 8.76. The fourth-order valence-electron chi connectivity index (χ4n) is 5.16. The molecule has 43 heavy (non-hydrogen) atoms. The summed E-state index contributed by atoms with van der Waals surface area (Å²) in [6, 6.07) is 6.49. The number of hydrogen-bond donors (Lipinski definition) is 4. The van der Waals surface area contributed by atoms with Crippen molar-refractivity contribution in [1.82, 2.24) is 20.4 Å². The number of piperazine rings is 2. The van der Waals surface area contributed by atoms with E-state index in [0.717, 1.165) is 0 Å². The number of aliphatic hydroxyl groups excluding tert-OH is 1. The molecule has 9 nitrogen and oxygen atoms in total. The number of halogens is 6. The first-order valence-corrected chi connectivity index (χ1v) is 14.3. The van der Waals surface area contributed by atoms with Gasteiger partial charge in [0.2, 0.25) is 5.91 Å². The summed E-state index contributed by atoms with van der Waals surface area (Å²) in [4.78, 5) is 30.9. The smallest absolute Gasteiger partial charge is 0.390 e. The monoisotopic (exact) mass is 632 g/mol. The summed E-state index contributed by atoms with van der Waals surface area (Å²) >= 11 is 6.19. The molecule has 0 radical (unpaired) electrons. The number of hydrogen-bond acceptors (Lipinski definition) is 7. The van der Waals surface area contributed by atoms with Crippen molar-refractivity contribution < 1.29 is 36.6 Å². The lowest BCUT2D eigenvalue weighted by Crippen LogP contribution is -2.57. The van der Waals surface area contributed by atoms with Crippen molar-refractivity contribution in [3.8, 4) is 0 Å². The minimum atomic E-state index is -4.24. The molecule has 4 rings (SSSR count). The summed E-state index contributed by atoms with van der Waals surface area (Å²) in [5, 5.41) is 17.6. The number of alkyl halides is 3. The van der Waals surface area contributed by atoms with Crippen LogP contribution in [0.3, 0.4) is 0 Å². The first-order chi connectivity index (χ1) is 20.5. The van der Waals surface area contributed by atoms with E-state index in [0.29, 0.717) is 62.2 Å². The molecule has 1 atom stereocenters. The minimum absolute atomic E-state index is 0.0218. The summed E-state index contributed by atoms with van der Waals surface area (Å²) in [5.41, 5.74) is 0.265. The molecule has 2 saturated heterocycles. The average Bonchev–Trinajstić information content (AvgIpc) is 2.98. The molecule has 2 amide bonds. The second-order valence-electron chi connectivity index (χ2n) is 10.4. The van der Waals surface area contributed by atoms with Crippen LogP contribution in [0.1, 0.15) is 22.3 Å². The summed E-state index contributed by atoms with van der Waals surface area (Å²) in [5.74, 6) is -3.77. The van der Waals surface area contributed by atoms with Gasteiger partial charge in [-0.15, -0.1) is 0 Å². The van der Waals surface area contributed by atoms with Gasteiger partial charge in [0.15, 0.2) is 11.6 Å². The Hall–Kier alpha value is -3.04. The fourth-order valence-corrected chi connectivity index (χ4v) is 5.32. The van der Waals surface area contributed by atoms with Crippen LogP contribution in [0.5, 0.6) is 0 Å². The first-order valence-electron chi connectivity index (χ1n) is 13.9. The maximum absolute atomic E-state index is 15.2. The van der Waals surface area contributed by atoms with Crippen LogP contribution < -0.4 is 20.9 Å². The third-order valence-electron chi connectivity index (χ3n) is 7.48. The predicted molar refractivity (Wildman–Crippen MR) is 152 cm³/mol. The molecule has 2 aliphatic rings. The summed E-state index contributed by atoms with van der Waals surface area (Å²) in [6.45, 7) is 2.41. The normalized spacial score (nSPS) is 18.5. The SMILES string of the molecule is O=C(Nc1ccc(Cl)cc1N1CCN(CCC(F)(F)F)CC1)c1ccc(CN2CCNCC2C(=O)NCCO)c(F)c1F. The molecule has 0 spiro atoms. The highest BCUT2D eigenvalue weighted by molar-refractivity contribution is 6.31. The largest absolute Gasteiger partial charge is 0.395 e. The lowest BCUT2D eigenvalue weighted by Gasteiger charge is -2.37. The predicted octanol–water partition coefficient (Wildman–Crippen LogP) is 2.83. The van der Waals surface area contributed by atoms with Crippen molar-refractivity contribution in [2.24, 2.45) is 0 Å². The van der Waals surface area contributed by atoms with Gasteiger partial charge >= 0.3 is 6.18 Å². The second-order valence-corrected chi connectivity index (χ2v) is 10.9. The third-order valence-corrected chi connectivity index (χ3v) is 7.72. The van der Waals surface area contributed by atoms with Gasteiger partial charge in [-0.2, -0.15) is 13.2 Å². The second kappa shape index (κ2) is 14.6. The standard InChI is InChI=1S/C28H34ClF5N6O3/c29-19-2-4-21(22(15-19)39-12-10-38(11-13-39)8-5-28(32,33)34)37-26(42)20-3-1-18(24(30)25(20)31)17-40-9-6-35-16-23(40)27(43)36-7-14-41/h1-4,15,23,35,41H,5-14,16-17H2,(H,36,43)(H,37,42). The molecular weight excluding hydrogens is 599 g/mol. The molecule has 0 aliphatic carbocycles. The van der Waals surface area contributed by atoms with E-state index in [2.05, 4.69) is 16.0 Å². The maximum atomic E-state index is 15.2. The van der Waals surface area contributed by atoms with E-state index in [-0.39, 0.29) is 37.7 Å². The number of carbonyl (C=O) groups excluding carboxylic acids is 2. The van der Waals surface area contributed by atoms with Crippen LogP contribution >= 0.6 is 11.6 Å².